The van der Waals surface area contributed by atoms with Crippen molar-refractivity contribution in [2.24, 2.45) is 11.1 Å². The average molecular weight is 229 g/mol. The number of ether oxygens (including phenoxy) is 1. The molecule has 0 aliphatic carbocycles. The van der Waals surface area contributed by atoms with Crippen LogP contribution in [0.2, 0.25) is 0 Å². The third kappa shape index (κ3) is 4.61. The van der Waals surface area contributed by atoms with Gasteiger partial charge in [-0.15, -0.1) is 0 Å². The van der Waals surface area contributed by atoms with Crippen molar-refractivity contribution in [1.29, 1.82) is 0 Å². The van der Waals surface area contributed by atoms with Crippen LogP contribution in [0.25, 0.3) is 0 Å². The van der Waals surface area contributed by atoms with Gasteiger partial charge in [-0.3, -0.25) is 0 Å². The molecule has 0 aromatic heterocycles. The zero-order chi connectivity index (χ0) is 12.0. The van der Waals surface area contributed by atoms with Crippen molar-refractivity contribution in [3.8, 4) is 0 Å². The first kappa shape index (κ1) is 13.0. The van der Waals surface area contributed by atoms with E-state index in [1.165, 1.54) is 0 Å². The monoisotopic (exact) mass is 229 g/mol. The summed E-state index contributed by atoms with van der Waals surface area (Å²) in [5.41, 5.74) is 0.0594. The van der Waals surface area contributed by atoms with Crippen LogP contribution in [0.3, 0.4) is 0 Å². The second-order valence-corrected chi connectivity index (χ2v) is 4.34. The average Bonchev–Trinajstić information content (AvgIpc) is 2.25. The van der Waals surface area contributed by atoms with E-state index >= 15 is 0 Å². The zero-order valence-electron chi connectivity index (χ0n) is 9.81. The van der Waals surface area contributed by atoms with Crippen molar-refractivity contribution in [2.75, 3.05) is 6.61 Å². The number of carbonyl (C=O) groups is 1. The highest BCUT2D eigenvalue weighted by molar-refractivity contribution is 6.35. The molecule has 1 aliphatic rings. The highest BCUT2D eigenvalue weighted by Crippen LogP contribution is 2.14. The topological polar surface area (TPSA) is 68.1 Å². The van der Waals surface area contributed by atoms with Gasteiger partial charge >= 0.3 is 5.97 Å². The summed E-state index contributed by atoms with van der Waals surface area (Å²) in [7, 11) is 0. The number of oxime groups is 1. The van der Waals surface area contributed by atoms with E-state index in [0.717, 1.165) is 19.3 Å². The molecular formula is C11H19NO4. The molecule has 0 radical (unpaired) electrons. The van der Waals surface area contributed by atoms with Crippen molar-refractivity contribution in [2.45, 2.75) is 45.8 Å². The van der Waals surface area contributed by atoms with Gasteiger partial charge in [-0.25, -0.2) is 4.79 Å². The van der Waals surface area contributed by atoms with E-state index in [1.807, 2.05) is 13.8 Å². The van der Waals surface area contributed by atoms with Crippen LogP contribution in [0.4, 0.5) is 0 Å². The maximum absolute atomic E-state index is 10.9. The molecule has 0 amide bonds. The molecule has 0 spiro atoms. The van der Waals surface area contributed by atoms with Crippen LogP contribution in [0.1, 0.15) is 39.5 Å². The van der Waals surface area contributed by atoms with Crippen molar-refractivity contribution in [3.63, 3.8) is 0 Å². The molecule has 16 heavy (non-hydrogen) atoms. The summed E-state index contributed by atoms with van der Waals surface area (Å²) in [6.07, 6.45) is 2.86. The van der Waals surface area contributed by atoms with E-state index in [9.17, 15) is 4.79 Å². The zero-order valence-corrected chi connectivity index (χ0v) is 9.81. The first-order valence-corrected chi connectivity index (χ1v) is 5.67. The van der Waals surface area contributed by atoms with Crippen molar-refractivity contribution in [1.82, 2.24) is 0 Å². The first-order chi connectivity index (χ1) is 7.59. The van der Waals surface area contributed by atoms with Gasteiger partial charge in [0.05, 0.1) is 6.61 Å². The fourth-order valence-corrected chi connectivity index (χ4v) is 1.47. The number of carboxylic acid groups (broad SMARTS) is 1. The Morgan fingerprint density at radius 2 is 2.31 bits per heavy atom. The fraction of sp³-hybridized carbons (Fsp3) is 0.818. The summed E-state index contributed by atoms with van der Waals surface area (Å²) in [5, 5.41) is 12.6. The quantitative estimate of drug-likeness (QED) is 0.578. The van der Waals surface area contributed by atoms with Gasteiger partial charge in [-0.05, 0) is 18.8 Å². The smallest absolute Gasteiger partial charge is 0.353 e. The summed E-state index contributed by atoms with van der Waals surface area (Å²) >= 11 is 0. The lowest BCUT2D eigenvalue weighted by atomic mass is 10.1. The molecule has 1 heterocycles. The molecular weight excluding hydrogens is 210 g/mol. The molecule has 1 saturated heterocycles. The van der Waals surface area contributed by atoms with Crippen LogP contribution in [-0.4, -0.2) is 29.7 Å². The fourth-order valence-electron chi connectivity index (χ4n) is 1.47. The van der Waals surface area contributed by atoms with Crippen LogP contribution in [0.15, 0.2) is 5.16 Å². The molecule has 92 valence electrons. The van der Waals surface area contributed by atoms with Crippen molar-refractivity contribution < 1.29 is 19.5 Å². The van der Waals surface area contributed by atoms with Crippen LogP contribution in [0, 0.1) is 5.92 Å². The number of aliphatic carboxylic acids is 1. The van der Waals surface area contributed by atoms with Gasteiger partial charge in [0.2, 0.25) is 6.29 Å². The van der Waals surface area contributed by atoms with Crippen LogP contribution >= 0.6 is 0 Å². The molecule has 0 saturated carbocycles. The summed E-state index contributed by atoms with van der Waals surface area (Å²) in [4.78, 5) is 15.9. The molecule has 1 N–H and O–H groups in total. The standard InChI is InChI=1S/C11H19NO4/c1-8(2)7-9(11(13)14)12-16-10-5-3-4-6-15-10/h8,10H,3-7H2,1-2H3,(H,13,14)/b12-9+/t10-/m0/s1. The van der Waals surface area contributed by atoms with E-state index in [1.54, 1.807) is 0 Å². The van der Waals surface area contributed by atoms with Crippen molar-refractivity contribution >= 4 is 11.7 Å². The molecule has 1 atom stereocenters. The Bertz CT molecular complexity index is 257. The van der Waals surface area contributed by atoms with Gasteiger partial charge in [0, 0.05) is 12.8 Å². The second-order valence-electron chi connectivity index (χ2n) is 4.34. The molecule has 1 aliphatic heterocycles. The van der Waals surface area contributed by atoms with Crippen LogP contribution in [-0.2, 0) is 14.4 Å². The largest absolute Gasteiger partial charge is 0.477 e. The number of carboxylic acids is 1. The number of hydrogen-bond acceptors (Lipinski definition) is 4. The Hall–Kier alpha value is -1.10. The molecule has 0 unspecified atom stereocenters. The summed E-state index contributed by atoms with van der Waals surface area (Å²) in [5.74, 6) is -0.782. The van der Waals surface area contributed by atoms with E-state index in [-0.39, 0.29) is 17.9 Å². The molecule has 0 bridgehead atoms. The van der Waals surface area contributed by atoms with E-state index < -0.39 is 5.97 Å². The lowest BCUT2D eigenvalue weighted by Gasteiger charge is -2.20. The van der Waals surface area contributed by atoms with Gasteiger partial charge < -0.3 is 14.7 Å². The van der Waals surface area contributed by atoms with Crippen molar-refractivity contribution in [3.05, 3.63) is 0 Å². The summed E-state index contributed by atoms with van der Waals surface area (Å²) < 4.78 is 5.29. The highest BCUT2D eigenvalue weighted by Gasteiger charge is 2.17. The molecule has 1 fully saturated rings. The van der Waals surface area contributed by atoms with Crippen LogP contribution < -0.4 is 0 Å². The van der Waals surface area contributed by atoms with E-state index in [4.69, 9.17) is 14.7 Å². The molecule has 5 heteroatoms. The minimum atomic E-state index is -1.02. The molecule has 0 aromatic carbocycles. The van der Waals surface area contributed by atoms with Gasteiger partial charge in [-0.2, -0.15) is 0 Å². The number of hydrogen-bond donors (Lipinski definition) is 1. The Labute approximate surface area is 95.4 Å². The lowest BCUT2D eigenvalue weighted by molar-refractivity contribution is -0.163. The summed E-state index contributed by atoms with van der Waals surface area (Å²) in [6.45, 7) is 4.54. The first-order valence-electron chi connectivity index (χ1n) is 5.67. The maximum Gasteiger partial charge on any atom is 0.353 e. The highest BCUT2D eigenvalue weighted by atomic mass is 16.8. The minimum Gasteiger partial charge on any atom is -0.477 e. The third-order valence-corrected chi connectivity index (χ3v) is 2.27. The molecule has 5 nitrogen and oxygen atoms in total. The van der Waals surface area contributed by atoms with Gasteiger partial charge in [0.25, 0.3) is 0 Å². The van der Waals surface area contributed by atoms with Crippen LogP contribution in [0.5, 0.6) is 0 Å². The Morgan fingerprint density at radius 3 is 2.81 bits per heavy atom. The predicted molar refractivity (Wildman–Crippen MR) is 59.2 cm³/mol. The van der Waals surface area contributed by atoms with E-state index in [2.05, 4.69) is 5.16 Å². The second kappa shape index (κ2) is 6.48. The SMILES string of the molecule is CC(C)C/C(=N\O[C@H]1CCCCO1)C(=O)O. The number of rotatable bonds is 5. The third-order valence-electron chi connectivity index (χ3n) is 2.27. The minimum absolute atomic E-state index is 0.0594. The Kier molecular flexibility index (Phi) is 5.25. The molecule has 0 aromatic rings. The van der Waals surface area contributed by atoms with Gasteiger partial charge in [0.15, 0.2) is 5.71 Å². The normalized spacial score (nSPS) is 22.2. The van der Waals surface area contributed by atoms with E-state index in [0.29, 0.717) is 13.0 Å². The number of nitrogens with zero attached hydrogens (tertiary/aromatic N) is 1. The summed E-state index contributed by atoms with van der Waals surface area (Å²) in [6, 6.07) is 0. The molecule has 1 rings (SSSR count). The Balaban J connectivity index is 2.46. The van der Waals surface area contributed by atoms with Gasteiger partial charge in [0.1, 0.15) is 0 Å². The lowest BCUT2D eigenvalue weighted by Crippen LogP contribution is -2.23. The Morgan fingerprint density at radius 1 is 1.56 bits per heavy atom. The van der Waals surface area contributed by atoms with Gasteiger partial charge in [-0.1, -0.05) is 19.0 Å². The predicted octanol–water partition coefficient (Wildman–Crippen LogP) is 2.02. The maximum atomic E-state index is 10.9.